The van der Waals surface area contributed by atoms with Crippen LogP contribution in [-0.2, 0) is 13.1 Å². The molecular formula is C9H14N4. The molecule has 0 radical (unpaired) electrons. The van der Waals surface area contributed by atoms with Crippen molar-refractivity contribution < 1.29 is 0 Å². The number of hydrogen-bond donors (Lipinski definition) is 1. The first-order valence-corrected chi connectivity index (χ1v) is 4.60. The van der Waals surface area contributed by atoms with E-state index in [0.29, 0.717) is 0 Å². The van der Waals surface area contributed by atoms with Crippen molar-refractivity contribution in [2.24, 2.45) is 5.73 Å². The number of fused-ring (bicyclic) bond motifs is 1. The lowest BCUT2D eigenvalue weighted by molar-refractivity contribution is 0.280. The Hall–Kier alpha value is -1.00. The molecule has 0 saturated carbocycles. The van der Waals surface area contributed by atoms with Crippen molar-refractivity contribution in [3.05, 3.63) is 23.8 Å². The summed E-state index contributed by atoms with van der Waals surface area (Å²) in [5.74, 6) is 0. The minimum atomic E-state index is 0.762. The van der Waals surface area contributed by atoms with Crippen LogP contribution in [0.1, 0.15) is 17.7 Å². The fraction of sp³-hybridized carbons (Fsp3) is 0.556. The van der Waals surface area contributed by atoms with E-state index in [0.717, 1.165) is 32.6 Å². The van der Waals surface area contributed by atoms with Crippen LogP contribution >= 0.6 is 0 Å². The Bertz CT molecular complexity index is 262. The van der Waals surface area contributed by atoms with Crippen molar-refractivity contribution >= 4 is 0 Å². The van der Waals surface area contributed by atoms with E-state index in [1.54, 1.807) is 6.33 Å². The first kappa shape index (κ1) is 8.59. The van der Waals surface area contributed by atoms with E-state index in [1.165, 1.54) is 11.3 Å². The van der Waals surface area contributed by atoms with Gasteiger partial charge in [0.25, 0.3) is 0 Å². The third-order valence-corrected chi connectivity index (χ3v) is 2.33. The minimum Gasteiger partial charge on any atom is -0.330 e. The van der Waals surface area contributed by atoms with Gasteiger partial charge in [0.15, 0.2) is 0 Å². The van der Waals surface area contributed by atoms with Crippen LogP contribution in [0.5, 0.6) is 0 Å². The van der Waals surface area contributed by atoms with Crippen LogP contribution < -0.4 is 5.73 Å². The topological polar surface area (TPSA) is 55.0 Å². The van der Waals surface area contributed by atoms with Gasteiger partial charge in [0.1, 0.15) is 6.33 Å². The van der Waals surface area contributed by atoms with Gasteiger partial charge in [-0.1, -0.05) is 0 Å². The predicted molar refractivity (Wildman–Crippen MR) is 49.8 cm³/mol. The third-order valence-electron chi connectivity index (χ3n) is 2.33. The standard InChI is InChI=1S/C9H14N4/c10-2-1-3-13-5-8-4-11-7-12-9(8)6-13/h4,7H,1-3,5-6,10H2. The predicted octanol–water partition coefficient (Wildman–Crippen LogP) is 0.141. The molecule has 4 heteroatoms. The van der Waals surface area contributed by atoms with Crippen molar-refractivity contribution in [1.82, 2.24) is 14.9 Å². The van der Waals surface area contributed by atoms with Crippen LogP contribution in [0.4, 0.5) is 0 Å². The Labute approximate surface area is 77.8 Å². The van der Waals surface area contributed by atoms with E-state index in [-0.39, 0.29) is 0 Å². The molecule has 0 spiro atoms. The van der Waals surface area contributed by atoms with Crippen molar-refractivity contribution in [2.75, 3.05) is 13.1 Å². The summed E-state index contributed by atoms with van der Waals surface area (Å²) in [6, 6.07) is 0. The molecule has 0 fully saturated rings. The smallest absolute Gasteiger partial charge is 0.115 e. The van der Waals surface area contributed by atoms with E-state index < -0.39 is 0 Å². The quantitative estimate of drug-likeness (QED) is 0.715. The number of nitrogens with zero attached hydrogens (tertiary/aromatic N) is 3. The molecular weight excluding hydrogens is 164 g/mol. The maximum atomic E-state index is 5.46. The third kappa shape index (κ3) is 1.84. The summed E-state index contributed by atoms with van der Waals surface area (Å²) < 4.78 is 0. The van der Waals surface area contributed by atoms with Crippen molar-refractivity contribution in [3.8, 4) is 0 Å². The zero-order valence-electron chi connectivity index (χ0n) is 7.61. The SMILES string of the molecule is NCCCN1Cc2cncnc2C1. The van der Waals surface area contributed by atoms with Gasteiger partial charge in [-0.25, -0.2) is 9.97 Å². The van der Waals surface area contributed by atoms with E-state index in [2.05, 4.69) is 14.9 Å². The van der Waals surface area contributed by atoms with E-state index in [1.807, 2.05) is 6.20 Å². The molecule has 1 aromatic heterocycles. The first-order chi connectivity index (χ1) is 6.40. The zero-order valence-corrected chi connectivity index (χ0v) is 7.61. The van der Waals surface area contributed by atoms with Gasteiger partial charge in [0.2, 0.25) is 0 Å². The highest BCUT2D eigenvalue weighted by Gasteiger charge is 2.18. The Balaban J connectivity index is 1.97. The minimum absolute atomic E-state index is 0.762. The lowest BCUT2D eigenvalue weighted by atomic mass is 10.3. The molecule has 1 aliphatic rings. The van der Waals surface area contributed by atoms with Crippen molar-refractivity contribution in [1.29, 1.82) is 0 Å². The summed E-state index contributed by atoms with van der Waals surface area (Å²) in [7, 11) is 0. The molecule has 1 aromatic rings. The van der Waals surface area contributed by atoms with E-state index in [9.17, 15) is 0 Å². The molecule has 13 heavy (non-hydrogen) atoms. The average molecular weight is 178 g/mol. The molecule has 0 atom stereocenters. The monoisotopic (exact) mass is 178 g/mol. The lowest BCUT2D eigenvalue weighted by Crippen LogP contribution is -2.20. The first-order valence-electron chi connectivity index (χ1n) is 4.60. The number of nitrogens with two attached hydrogens (primary N) is 1. The van der Waals surface area contributed by atoms with Gasteiger partial charge < -0.3 is 5.73 Å². The van der Waals surface area contributed by atoms with E-state index >= 15 is 0 Å². The summed E-state index contributed by atoms with van der Waals surface area (Å²) in [5, 5.41) is 0. The highest BCUT2D eigenvalue weighted by molar-refractivity contribution is 5.19. The number of hydrogen-bond acceptors (Lipinski definition) is 4. The second-order valence-corrected chi connectivity index (χ2v) is 3.35. The largest absolute Gasteiger partial charge is 0.330 e. The van der Waals surface area contributed by atoms with Gasteiger partial charge in [0.05, 0.1) is 5.69 Å². The maximum Gasteiger partial charge on any atom is 0.115 e. The molecule has 2 heterocycles. The van der Waals surface area contributed by atoms with Crippen molar-refractivity contribution in [3.63, 3.8) is 0 Å². The summed E-state index contributed by atoms with van der Waals surface area (Å²) >= 11 is 0. The molecule has 4 nitrogen and oxygen atoms in total. The molecule has 1 aliphatic heterocycles. The molecule has 70 valence electrons. The molecule has 0 saturated heterocycles. The van der Waals surface area contributed by atoms with Gasteiger partial charge in [0, 0.05) is 31.4 Å². The van der Waals surface area contributed by atoms with Crippen LogP contribution in [0.3, 0.4) is 0 Å². The Morgan fingerprint density at radius 3 is 3.15 bits per heavy atom. The van der Waals surface area contributed by atoms with Gasteiger partial charge in [-0.2, -0.15) is 0 Å². The Morgan fingerprint density at radius 1 is 1.46 bits per heavy atom. The van der Waals surface area contributed by atoms with Crippen LogP contribution in [0.2, 0.25) is 0 Å². The van der Waals surface area contributed by atoms with E-state index in [4.69, 9.17) is 5.73 Å². The molecule has 0 unspecified atom stereocenters. The Kier molecular flexibility index (Phi) is 2.52. The molecule has 0 aromatic carbocycles. The molecule has 2 N–H and O–H groups in total. The van der Waals surface area contributed by atoms with Crippen LogP contribution in [0.25, 0.3) is 0 Å². The number of aromatic nitrogens is 2. The van der Waals surface area contributed by atoms with Crippen LogP contribution in [-0.4, -0.2) is 28.0 Å². The van der Waals surface area contributed by atoms with Gasteiger partial charge in [-0.05, 0) is 13.0 Å². The average Bonchev–Trinajstić information content (AvgIpc) is 2.57. The van der Waals surface area contributed by atoms with Gasteiger partial charge >= 0.3 is 0 Å². The summed E-state index contributed by atoms with van der Waals surface area (Å²) in [6.07, 6.45) is 4.58. The Morgan fingerprint density at radius 2 is 2.38 bits per heavy atom. The molecule has 0 aliphatic carbocycles. The fourth-order valence-electron chi connectivity index (χ4n) is 1.64. The molecule has 0 bridgehead atoms. The summed E-state index contributed by atoms with van der Waals surface area (Å²) in [4.78, 5) is 10.6. The fourth-order valence-corrected chi connectivity index (χ4v) is 1.64. The second kappa shape index (κ2) is 3.81. The molecule has 0 amide bonds. The van der Waals surface area contributed by atoms with Gasteiger partial charge in [-0.15, -0.1) is 0 Å². The zero-order chi connectivity index (χ0) is 9.10. The molecule has 2 rings (SSSR count). The van der Waals surface area contributed by atoms with Crippen molar-refractivity contribution in [2.45, 2.75) is 19.5 Å². The van der Waals surface area contributed by atoms with Crippen LogP contribution in [0.15, 0.2) is 12.5 Å². The highest BCUT2D eigenvalue weighted by atomic mass is 15.2. The van der Waals surface area contributed by atoms with Gasteiger partial charge in [-0.3, -0.25) is 4.90 Å². The maximum absolute atomic E-state index is 5.46. The second-order valence-electron chi connectivity index (χ2n) is 3.35. The number of rotatable bonds is 3. The normalized spacial score (nSPS) is 16.1. The highest BCUT2D eigenvalue weighted by Crippen LogP contribution is 2.18. The lowest BCUT2D eigenvalue weighted by Gasteiger charge is -2.12. The summed E-state index contributed by atoms with van der Waals surface area (Å²) in [6.45, 7) is 3.76. The summed E-state index contributed by atoms with van der Waals surface area (Å²) in [5.41, 5.74) is 7.89. The van der Waals surface area contributed by atoms with Crippen LogP contribution in [0, 0.1) is 0 Å².